The minimum atomic E-state index is -0.488. The van der Waals surface area contributed by atoms with Crippen molar-refractivity contribution < 1.29 is 14.6 Å². The number of aryl methyl sites for hydroxylation is 1. The maximum Gasteiger partial charge on any atom is 0.231 e. The first kappa shape index (κ1) is 9.97. The summed E-state index contributed by atoms with van der Waals surface area (Å²) in [5, 5.41) is 10.0. The molecule has 1 aromatic rings. The Balaban J connectivity index is 2.07. The van der Waals surface area contributed by atoms with Gasteiger partial charge < -0.3 is 14.6 Å². The Morgan fingerprint density at radius 2 is 2.06 bits per heavy atom. The number of hydrogen-bond donors (Lipinski definition) is 1. The molecule has 16 heavy (non-hydrogen) atoms. The minimum Gasteiger partial charge on any atom is -0.454 e. The Hall–Kier alpha value is -1.22. The normalized spacial score (nSPS) is 19.9. The number of benzene rings is 1. The Morgan fingerprint density at radius 3 is 2.75 bits per heavy atom. The van der Waals surface area contributed by atoms with E-state index >= 15 is 0 Å². The van der Waals surface area contributed by atoms with E-state index in [1.165, 1.54) is 11.1 Å². The van der Waals surface area contributed by atoms with Gasteiger partial charge in [-0.2, -0.15) is 0 Å². The van der Waals surface area contributed by atoms with E-state index < -0.39 is 5.60 Å². The maximum absolute atomic E-state index is 10.0. The number of rotatable bonds is 2. The highest BCUT2D eigenvalue weighted by molar-refractivity contribution is 5.55. The van der Waals surface area contributed by atoms with Crippen LogP contribution in [0, 0.1) is 13.8 Å². The van der Waals surface area contributed by atoms with Crippen LogP contribution in [0.1, 0.15) is 29.5 Å². The number of aliphatic hydroxyl groups is 1. The molecular formula is C13H16O3. The van der Waals surface area contributed by atoms with Gasteiger partial charge in [0.25, 0.3) is 0 Å². The third-order valence-corrected chi connectivity index (χ3v) is 3.64. The zero-order valence-electron chi connectivity index (χ0n) is 9.67. The first-order valence-corrected chi connectivity index (χ1v) is 5.70. The van der Waals surface area contributed by atoms with Crippen molar-refractivity contribution in [3.63, 3.8) is 0 Å². The van der Waals surface area contributed by atoms with Gasteiger partial charge in [-0.1, -0.05) is 0 Å². The van der Waals surface area contributed by atoms with Crippen molar-refractivity contribution in [1.29, 1.82) is 0 Å². The molecule has 0 saturated heterocycles. The Kier molecular flexibility index (Phi) is 1.96. The van der Waals surface area contributed by atoms with Crippen molar-refractivity contribution in [3.8, 4) is 11.5 Å². The van der Waals surface area contributed by atoms with Crippen LogP contribution in [0.25, 0.3) is 0 Å². The van der Waals surface area contributed by atoms with Crippen LogP contribution in [0.15, 0.2) is 6.07 Å². The predicted octanol–water partition coefficient (Wildman–Crippen LogP) is 2.10. The standard InChI is InChI=1S/C13H16O3/c1-8-5-11-12(16-7-15-11)10(9(8)2)6-13(14)3-4-13/h5,14H,3-4,6-7H2,1-2H3. The quantitative estimate of drug-likeness (QED) is 0.829. The smallest absolute Gasteiger partial charge is 0.231 e. The molecule has 2 aliphatic rings. The highest BCUT2D eigenvalue weighted by atomic mass is 16.7. The fourth-order valence-corrected chi connectivity index (χ4v) is 2.21. The van der Waals surface area contributed by atoms with Gasteiger partial charge in [0.2, 0.25) is 6.79 Å². The monoisotopic (exact) mass is 220 g/mol. The van der Waals surface area contributed by atoms with E-state index in [2.05, 4.69) is 13.8 Å². The lowest BCUT2D eigenvalue weighted by molar-refractivity contribution is 0.147. The molecule has 0 atom stereocenters. The number of fused-ring (bicyclic) bond motifs is 1. The molecule has 1 fully saturated rings. The maximum atomic E-state index is 10.0. The second-order valence-electron chi connectivity index (χ2n) is 4.93. The summed E-state index contributed by atoms with van der Waals surface area (Å²) < 4.78 is 10.9. The van der Waals surface area contributed by atoms with E-state index in [9.17, 15) is 5.11 Å². The number of ether oxygens (including phenoxy) is 2. The van der Waals surface area contributed by atoms with Gasteiger partial charge in [-0.3, -0.25) is 0 Å². The van der Waals surface area contributed by atoms with Crippen molar-refractivity contribution in [3.05, 3.63) is 22.8 Å². The van der Waals surface area contributed by atoms with Gasteiger partial charge in [-0.15, -0.1) is 0 Å². The van der Waals surface area contributed by atoms with Crippen LogP contribution in [0.4, 0.5) is 0 Å². The van der Waals surface area contributed by atoms with E-state index in [0.717, 1.165) is 29.9 Å². The molecular weight excluding hydrogens is 204 g/mol. The lowest BCUT2D eigenvalue weighted by Crippen LogP contribution is -2.12. The molecule has 3 heteroatoms. The SMILES string of the molecule is Cc1cc2c(c(CC3(O)CC3)c1C)OCO2. The molecule has 1 aliphatic carbocycles. The third kappa shape index (κ3) is 1.47. The third-order valence-electron chi connectivity index (χ3n) is 3.64. The van der Waals surface area contributed by atoms with Crippen molar-refractivity contribution in [2.75, 3.05) is 6.79 Å². The molecule has 0 radical (unpaired) electrons. The Labute approximate surface area is 95.0 Å². The highest BCUT2D eigenvalue weighted by Crippen LogP contribution is 2.45. The lowest BCUT2D eigenvalue weighted by atomic mass is 9.96. The highest BCUT2D eigenvalue weighted by Gasteiger charge is 2.42. The average molecular weight is 220 g/mol. The van der Waals surface area contributed by atoms with Crippen molar-refractivity contribution >= 4 is 0 Å². The number of hydrogen-bond acceptors (Lipinski definition) is 3. The molecule has 86 valence electrons. The second kappa shape index (κ2) is 3.14. The van der Waals surface area contributed by atoms with Crippen molar-refractivity contribution in [2.24, 2.45) is 0 Å². The Bertz CT molecular complexity index is 447. The van der Waals surface area contributed by atoms with Crippen LogP contribution in [0.5, 0.6) is 11.5 Å². The molecule has 1 saturated carbocycles. The molecule has 0 aromatic heterocycles. The van der Waals surface area contributed by atoms with Crippen LogP contribution >= 0.6 is 0 Å². The molecule has 0 amide bonds. The van der Waals surface area contributed by atoms with E-state index in [0.29, 0.717) is 13.2 Å². The van der Waals surface area contributed by atoms with E-state index in [-0.39, 0.29) is 0 Å². The van der Waals surface area contributed by atoms with Crippen molar-refractivity contribution in [1.82, 2.24) is 0 Å². The van der Waals surface area contributed by atoms with Gasteiger partial charge in [0, 0.05) is 12.0 Å². The van der Waals surface area contributed by atoms with Crippen LogP contribution in [-0.4, -0.2) is 17.5 Å². The molecule has 0 bridgehead atoms. The summed E-state index contributed by atoms with van der Waals surface area (Å²) in [5.74, 6) is 1.66. The van der Waals surface area contributed by atoms with Gasteiger partial charge in [0.15, 0.2) is 11.5 Å². The molecule has 1 aromatic carbocycles. The fraction of sp³-hybridized carbons (Fsp3) is 0.538. The van der Waals surface area contributed by atoms with Gasteiger partial charge >= 0.3 is 0 Å². The summed E-state index contributed by atoms with van der Waals surface area (Å²) in [6.07, 6.45) is 2.48. The summed E-state index contributed by atoms with van der Waals surface area (Å²) in [6, 6.07) is 2.01. The average Bonchev–Trinajstić information content (AvgIpc) is 2.77. The van der Waals surface area contributed by atoms with E-state index in [4.69, 9.17) is 9.47 Å². The largest absolute Gasteiger partial charge is 0.454 e. The predicted molar refractivity (Wildman–Crippen MR) is 59.9 cm³/mol. The van der Waals surface area contributed by atoms with Gasteiger partial charge in [-0.05, 0) is 43.9 Å². The van der Waals surface area contributed by atoms with E-state index in [1.807, 2.05) is 6.07 Å². The zero-order chi connectivity index (χ0) is 11.3. The fourth-order valence-electron chi connectivity index (χ4n) is 2.21. The molecule has 0 unspecified atom stereocenters. The first-order chi connectivity index (χ1) is 7.59. The van der Waals surface area contributed by atoms with Crippen LogP contribution in [0.2, 0.25) is 0 Å². The van der Waals surface area contributed by atoms with Gasteiger partial charge in [-0.25, -0.2) is 0 Å². The lowest BCUT2D eigenvalue weighted by Gasteiger charge is -2.15. The summed E-state index contributed by atoms with van der Waals surface area (Å²) >= 11 is 0. The van der Waals surface area contributed by atoms with E-state index in [1.54, 1.807) is 0 Å². The summed E-state index contributed by atoms with van der Waals surface area (Å²) in [5.41, 5.74) is 3.04. The Morgan fingerprint density at radius 1 is 1.31 bits per heavy atom. The summed E-state index contributed by atoms with van der Waals surface area (Å²) in [6.45, 7) is 4.44. The summed E-state index contributed by atoms with van der Waals surface area (Å²) in [4.78, 5) is 0. The van der Waals surface area contributed by atoms with Crippen LogP contribution in [0.3, 0.4) is 0 Å². The molecule has 1 N–H and O–H groups in total. The summed E-state index contributed by atoms with van der Waals surface area (Å²) in [7, 11) is 0. The second-order valence-corrected chi connectivity index (χ2v) is 4.93. The van der Waals surface area contributed by atoms with Crippen molar-refractivity contribution in [2.45, 2.75) is 38.7 Å². The molecule has 1 aliphatic heterocycles. The van der Waals surface area contributed by atoms with Crippen LogP contribution in [-0.2, 0) is 6.42 Å². The molecule has 0 spiro atoms. The zero-order valence-corrected chi connectivity index (χ0v) is 9.67. The topological polar surface area (TPSA) is 38.7 Å². The molecule has 3 rings (SSSR count). The molecule has 3 nitrogen and oxygen atoms in total. The minimum absolute atomic E-state index is 0.295. The first-order valence-electron chi connectivity index (χ1n) is 5.70. The molecule has 1 heterocycles. The van der Waals surface area contributed by atoms with Gasteiger partial charge in [0.1, 0.15) is 0 Å². The van der Waals surface area contributed by atoms with Crippen LogP contribution < -0.4 is 9.47 Å². The van der Waals surface area contributed by atoms with Gasteiger partial charge in [0.05, 0.1) is 5.60 Å².